The van der Waals surface area contributed by atoms with Gasteiger partial charge in [-0.1, -0.05) is 39.0 Å². The molecule has 0 aliphatic rings. The summed E-state index contributed by atoms with van der Waals surface area (Å²) in [5.74, 6) is 0.753. The Balaban J connectivity index is 3.19. The van der Waals surface area contributed by atoms with Crippen LogP contribution >= 0.6 is 0 Å². The van der Waals surface area contributed by atoms with Crippen molar-refractivity contribution in [1.82, 2.24) is 0 Å². The maximum absolute atomic E-state index is 14.5. The molecule has 1 atom stereocenters. The van der Waals surface area contributed by atoms with E-state index in [1.165, 1.54) is 0 Å². The van der Waals surface area contributed by atoms with E-state index in [2.05, 4.69) is 13.8 Å². The van der Waals surface area contributed by atoms with Crippen molar-refractivity contribution in [2.45, 2.75) is 52.6 Å². The largest absolute Gasteiger partial charge is 0.493 e. The Labute approximate surface area is 104 Å². The van der Waals surface area contributed by atoms with E-state index in [1.54, 1.807) is 6.92 Å². The van der Waals surface area contributed by atoms with Gasteiger partial charge >= 0.3 is 0 Å². The summed E-state index contributed by atoms with van der Waals surface area (Å²) in [6.45, 7) is 8.26. The normalized spacial score (nSPS) is 14.4. The van der Waals surface area contributed by atoms with Crippen LogP contribution in [0.4, 0.5) is 4.39 Å². The predicted octanol–water partition coefficient (Wildman–Crippen LogP) is 4.63. The fourth-order valence-corrected chi connectivity index (χ4v) is 1.84. The van der Waals surface area contributed by atoms with Crippen LogP contribution in [0.15, 0.2) is 18.2 Å². The van der Waals surface area contributed by atoms with Crippen molar-refractivity contribution in [2.75, 3.05) is 6.61 Å². The second-order valence-corrected chi connectivity index (χ2v) is 4.55. The molecule has 96 valence electrons. The van der Waals surface area contributed by atoms with Crippen LogP contribution in [0.1, 0.15) is 51.7 Å². The van der Waals surface area contributed by atoms with Gasteiger partial charge in [0, 0.05) is 5.56 Å². The molecule has 0 amide bonds. The highest BCUT2D eigenvalue weighted by molar-refractivity contribution is 5.44. The fourth-order valence-electron chi connectivity index (χ4n) is 1.84. The molecule has 0 fully saturated rings. The molecule has 0 aliphatic heterocycles. The van der Waals surface area contributed by atoms with Crippen LogP contribution in [0.3, 0.4) is 0 Å². The van der Waals surface area contributed by atoms with Crippen LogP contribution in [0.2, 0.25) is 0 Å². The topological polar surface area (TPSA) is 9.23 Å². The molecule has 0 saturated heterocycles. The maximum Gasteiger partial charge on any atom is 0.136 e. The highest BCUT2D eigenvalue weighted by Crippen LogP contribution is 2.38. The Morgan fingerprint density at radius 2 is 1.94 bits per heavy atom. The third-order valence-corrected chi connectivity index (χ3v) is 3.15. The molecule has 0 heterocycles. The summed E-state index contributed by atoms with van der Waals surface area (Å²) in [4.78, 5) is 0. The molecule has 0 saturated carbocycles. The van der Waals surface area contributed by atoms with E-state index in [0.29, 0.717) is 18.6 Å². The van der Waals surface area contributed by atoms with Gasteiger partial charge in [-0.25, -0.2) is 4.39 Å². The quantitative estimate of drug-likeness (QED) is 0.702. The Morgan fingerprint density at radius 3 is 2.47 bits per heavy atom. The van der Waals surface area contributed by atoms with Crippen molar-refractivity contribution >= 4 is 0 Å². The van der Waals surface area contributed by atoms with E-state index in [9.17, 15) is 4.39 Å². The Hall–Kier alpha value is -1.05. The molecule has 1 rings (SSSR count). The SMILES string of the molecule is CCCOc1c(CC)cccc1C(C)(F)CC. The lowest BCUT2D eigenvalue weighted by Crippen LogP contribution is -2.16. The number of para-hydroxylation sites is 1. The number of rotatable bonds is 6. The van der Waals surface area contributed by atoms with Crippen molar-refractivity contribution in [2.24, 2.45) is 0 Å². The third-order valence-electron chi connectivity index (χ3n) is 3.15. The van der Waals surface area contributed by atoms with Crippen molar-refractivity contribution in [3.05, 3.63) is 29.3 Å². The summed E-state index contributed by atoms with van der Waals surface area (Å²) in [5, 5.41) is 0. The summed E-state index contributed by atoms with van der Waals surface area (Å²) in [7, 11) is 0. The van der Waals surface area contributed by atoms with E-state index in [4.69, 9.17) is 4.74 Å². The van der Waals surface area contributed by atoms with Gasteiger partial charge in [0.1, 0.15) is 11.4 Å². The van der Waals surface area contributed by atoms with Gasteiger partial charge in [0.2, 0.25) is 0 Å². The van der Waals surface area contributed by atoms with Gasteiger partial charge in [0.15, 0.2) is 0 Å². The molecule has 1 aromatic carbocycles. The van der Waals surface area contributed by atoms with E-state index in [0.717, 1.165) is 24.2 Å². The molecule has 0 N–H and O–H groups in total. The second kappa shape index (κ2) is 6.04. The minimum absolute atomic E-state index is 0.461. The fraction of sp³-hybridized carbons (Fsp3) is 0.600. The van der Waals surface area contributed by atoms with Gasteiger partial charge < -0.3 is 4.74 Å². The molecule has 1 aromatic rings. The van der Waals surface area contributed by atoms with Crippen LogP contribution in [0.5, 0.6) is 5.75 Å². The molecule has 17 heavy (non-hydrogen) atoms. The van der Waals surface area contributed by atoms with Gasteiger partial charge in [0.25, 0.3) is 0 Å². The average molecular weight is 238 g/mol. The Kier molecular flexibility index (Phi) is 4.98. The highest BCUT2D eigenvalue weighted by Gasteiger charge is 2.28. The van der Waals surface area contributed by atoms with Crippen molar-refractivity contribution in [1.29, 1.82) is 0 Å². The van der Waals surface area contributed by atoms with Crippen LogP contribution in [0, 0.1) is 0 Å². The molecule has 0 bridgehead atoms. The zero-order chi connectivity index (χ0) is 12.9. The van der Waals surface area contributed by atoms with Gasteiger partial charge in [-0.2, -0.15) is 0 Å². The first-order chi connectivity index (χ1) is 8.06. The van der Waals surface area contributed by atoms with Gasteiger partial charge in [-0.15, -0.1) is 0 Å². The minimum atomic E-state index is -1.31. The first-order valence-electron chi connectivity index (χ1n) is 6.50. The van der Waals surface area contributed by atoms with Gasteiger partial charge in [-0.3, -0.25) is 0 Å². The van der Waals surface area contributed by atoms with Crippen LogP contribution in [-0.2, 0) is 12.1 Å². The number of aryl methyl sites for hydroxylation is 1. The summed E-state index contributed by atoms with van der Waals surface area (Å²) in [6, 6.07) is 5.77. The van der Waals surface area contributed by atoms with Crippen molar-refractivity contribution < 1.29 is 9.13 Å². The molecule has 1 unspecified atom stereocenters. The van der Waals surface area contributed by atoms with Crippen LogP contribution < -0.4 is 4.74 Å². The molecule has 1 nitrogen and oxygen atoms in total. The maximum atomic E-state index is 14.5. The number of benzene rings is 1. The minimum Gasteiger partial charge on any atom is -0.493 e. The van der Waals surface area contributed by atoms with Crippen LogP contribution in [0.25, 0.3) is 0 Å². The van der Waals surface area contributed by atoms with E-state index in [-0.39, 0.29) is 0 Å². The summed E-state index contributed by atoms with van der Waals surface area (Å²) < 4.78 is 20.2. The average Bonchev–Trinajstić information content (AvgIpc) is 2.35. The number of hydrogen-bond donors (Lipinski definition) is 0. The Bertz CT molecular complexity index is 358. The molecule has 2 heteroatoms. The number of alkyl halides is 1. The number of ether oxygens (including phenoxy) is 1. The summed E-state index contributed by atoms with van der Waals surface area (Å²) in [6.07, 6.45) is 2.27. The monoisotopic (exact) mass is 238 g/mol. The lowest BCUT2D eigenvalue weighted by Gasteiger charge is -2.24. The lowest BCUT2D eigenvalue weighted by molar-refractivity contribution is 0.175. The third kappa shape index (κ3) is 3.21. The zero-order valence-corrected chi connectivity index (χ0v) is 11.3. The number of halogens is 1. The zero-order valence-electron chi connectivity index (χ0n) is 11.3. The summed E-state index contributed by atoms with van der Waals surface area (Å²) in [5.41, 5.74) is 0.468. The first-order valence-corrected chi connectivity index (χ1v) is 6.50. The van der Waals surface area contributed by atoms with Gasteiger partial charge in [-0.05, 0) is 31.7 Å². The van der Waals surface area contributed by atoms with Crippen molar-refractivity contribution in [3.63, 3.8) is 0 Å². The summed E-state index contributed by atoms with van der Waals surface area (Å²) >= 11 is 0. The second-order valence-electron chi connectivity index (χ2n) is 4.55. The molecule has 0 spiro atoms. The molecule has 0 aliphatic carbocycles. The highest BCUT2D eigenvalue weighted by atomic mass is 19.1. The lowest BCUT2D eigenvalue weighted by atomic mass is 9.92. The number of hydrogen-bond acceptors (Lipinski definition) is 1. The van der Waals surface area contributed by atoms with E-state index >= 15 is 0 Å². The molecular formula is C15H23FO. The van der Waals surface area contributed by atoms with Crippen molar-refractivity contribution in [3.8, 4) is 5.75 Å². The predicted molar refractivity (Wildman–Crippen MR) is 70.4 cm³/mol. The molecule has 0 aromatic heterocycles. The van der Waals surface area contributed by atoms with Crippen LogP contribution in [-0.4, -0.2) is 6.61 Å². The standard InChI is InChI=1S/C15H23FO/c1-5-11-17-14-12(6-2)9-8-10-13(14)15(4,16)7-3/h8-10H,5-7,11H2,1-4H3. The van der Waals surface area contributed by atoms with Gasteiger partial charge in [0.05, 0.1) is 6.61 Å². The molecule has 0 radical (unpaired) electrons. The Morgan fingerprint density at radius 1 is 1.24 bits per heavy atom. The molecular weight excluding hydrogens is 215 g/mol. The first kappa shape index (κ1) is 14.0. The smallest absolute Gasteiger partial charge is 0.136 e. The van der Waals surface area contributed by atoms with E-state index < -0.39 is 5.67 Å². The van der Waals surface area contributed by atoms with E-state index in [1.807, 2.05) is 25.1 Å².